The Balaban J connectivity index is 1.13. The number of carbonyl (C=O) groups excluding carboxylic acids is 1. The number of hydrogen-bond acceptors (Lipinski definition) is 9. The number of piperazine rings is 1. The lowest BCUT2D eigenvalue weighted by molar-refractivity contribution is 0.0997. The molecule has 0 saturated carbocycles. The van der Waals surface area contributed by atoms with Gasteiger partial charge in [0.05, 0.1) is 53.9 Å². The summed E-state index contributed by atoms with van der Waals surface area (Å²) >= 11 is 0. The molecule has 4 heterocycles. The molecule has 2 saturated heterocycles. The number of anilines is 5. The van der Waals surface area contributed by atoms with Gasteiger partial charge in [-0.05, 0) is 43.2 Å². The number of H-pyrrole nitrogens is 1. The maximum absolute atomic E-state index is 14.3. The van der Waals surface area contributed by atoms with Crippen LogP contribution in [0.1, 0.15) is 23.2 Å². The molecule has 0 aliphatic carbocycles. The molecule has 14 heteroatoms. The van der Waals surface area contributed by atoms with E-state index in [9.17, 15) is 17.6 Å². The van der Waals surface area contributed by atoms with Crippen molar-refractivity contribution in [2.24, 2.45) is 5.73 Å². The third kappa shape index (κ3) is 6.53. The third-order valence-electron chi connectivity index (χ3n) is 8.62. The number of aromatic amines is 1. The number of pyridine rings is 1. The maximum atomic E-state index is 14.3. The second-order valence-corrected chi connectivity index (χ2v) is 13.4. The van der Waals surface area contributed by atoms with Crippen LogP contribution in [-0.4, -0.2) is 92.2 Å². The molecule has 2 fully saturated rings. The number of benzene rings is 2. The van der Waals surface area contributed by atoms with Crippen LogP contribution in [0.25, 0.3) is 10.9 Å². The smallest absolute Gasteiger partial charge is 0.253 e. The molecule has 45 heavy (non-hydrogen) atoms. The average molecular weight is 637 g/mol. The monoisotopic (exact) mass is 636 g/mol. The SMILES string of the molecule is COc1cc(N2CCC(N3CCN(S(C)(=O)=O)CC3)CC2)ccc1Nc1cc2c(Nc3cccc(F)c3C(N)=O)cncc2[nH]1. The van der Waals surface area contributed by atoms with Crippen LogP contribution < -0.4 is 26.0 Å². The number of ether oxygens (including phenoxy) is 1. The van der Waals surface area contributed by atoms with Crippen LogP contribution in [0.4, 0.5) is 33.0 Å². The van der Waals surface area contributed by atoms with Crippen molar-refractivity contribution >= 4 is 55.4 Å². The minimum absolute atomic E-state index is 0.218. The Morgan fingerprint density at radius 1 is 1.00 bits per heavy atom. The summed E-state index contributed by atoms with van der Waals surface area (Å²) in [5, 5.41) is 7.28. The fourth-order valence-corrected chi connectivity index (χ4v) is 7.08. The maximum Gasteiger partial charge on any atom is 0.253 e. The van der Waals surface area contributed by atoms with E-state index >= 15 is 0 Å². The highest BCUT2D eigenvalue weighted by Gasteiger charge is 2.30. The van der Waals surface area contributed by atoms with Gasteiger partial charge >= 0.3 is 0 Å². The summed E-state index contributed by atoms with van der Waals surface area (Å²) in [4.78, 5) is 24.3. The van der Waals surface area contributed by atoms with Crippen molar-refractivity contribution in [2.45, 2.75) is 18.9 Å². The van der Waals surface area contributed by atoms with E-state index in [1.165, 1.54) is 18.4 Å². The number of primary amides is 1. The summed E-state index contributed by atoms with van der Waals surface area (Å²) in [6, 6.07) is 12.7. The number of piperidine rings is 1. The van der Waals surface area contributed by atoms with Crippen molar-refractivity contribution in [3.63, 3.8) is 0 Å². The molecule has 2 aliphatic rings. The molecule has 6 rings (SSSR count). The highest BCUT2D eigenvalue weighted by molar-refractivity contribution is 7.88. The molecule has 5 N–H and O–H groups in total. The first-order valence-electron chi connectivity index (χ1n) is 14.8. The van der Waals surface area contributed by atoms with Gasteiger partial charge in [0.15, 0.2) is 0 Å². The molecule has 0 radical (unpaired) electrons. The van der Waals surface area contributed by atoms with Gasteiger partial charge in [0.1, 0.15) is 17.4 Å². The number of rotatable bonds is 9. The summed E-state index contributed by atoms with van der Waals surface area (Å²) in [5.41, 5.74) is 8.62. The molecule has 0 bridgehead atoms. The highest BCUT2D eigenvalue weighted by Crippen LogP contribution is 2.36. The van der Waals surface area contributed by atoms with Crippen molar-refractivity contribution < 1.29 is 22.3 Å². The minimum Gasteiger partial charge on any atom is -0.494 e. The van der Waals surface area contributed by atoms with Crippen molar-refractivity contribution in [2.75, 3.05) is 68.2 Å². The van der Waals surface area contributed by atoms with Crippen LogP contribution in [0.15, 0.2) is 54.9 Å². The molecule has 2 aliphatic heterocycles. The van der Waals surface area contributed by atoms with E-state index in [0.29, 0.717) is 36.4 Å². The first kappa shape index (κ1) is 30.6. The Labute approximate surface area is 261 Å². The summed E-state index contributed by atoms with van der Waals surface area (Å²) in [6.45, 7) is 4.46. The molecule has 2 aromatic heterocycles. The number of aromatic nitrogens is 2. The fourth-order valence-electron chi connectivity index (χ4n) is 6.26. The zero-order valence-electron chi connectivity index (χ0n) is 25.2. The Kier molecular flexibility index (Phi) is 8.53. The Morgan fingerprint density at radius 2 is 1.76 bits per heavy atom. The molecular weight excluding hydrogens is 599 g/mol. The van der Waals surface area contributed by atoms with Gasteiger partial charge in [-0.2, -0.15) is 4.31 Å². The summed E-state index contributed by atoms with van der Waals surface area (Å²) in [6.07, 6.45) is 6.58. The van der Waals surface area contributed by atoms with E-state index < -0.39 is 21.7 Å². The number of fused-ring (bicyclic) bond motifs is 1. The molecule has 0 unspecified atom stereocenters. The van der Waals surface area contributed by atoms with Crippen LogP contribution in [0.2, 0.25) is 0 Å². The lowest BCUT2D eigenvalue weighted by Gasteiger charge is -2.42. The van der Waals surface area contributed by atoms with Crippen molar-refractivity contribution in [1.82, 2.24) is 19.2 Å². The van der Waals surface area contributed by atoms with Gasteiger partial charge in [0, 0.05) is 62.5 Å². The first-order chi connectivity index (χ1) is 21.6. The summed E-state index contributed by atoms with van der Waals surface area (Å²) < 4.78 is 45.4. The second kappa shape index (κ2) is 12.5. The van der Waals surface area contributed by atoms with Crippen molar-refractivity contribution in [1.29, 1.82) is 0 Å². The Morgan fingerprint density at radius 3 is 2.44 bits per heavy atom. The minimum atomic E-state index is -3.13. The van der Waals surface area contributed by atoms with Crippen LogP contribution >= 0.6 is 0 Å². The van der Waals surface area contributed by atoms with Crippen LogP contribution in [0.3, 0.4) is 0 Å². The number of carbonyl (C=O) groups is 1. The van der Waals surface area contributed by atoms with Gasteiger partial charge in [-0.25, -0.2) is 12.8 Å². The van der Waals surface area contributed by atoms with Gasteiger partial charge < -0.3 is 31.0 Å². The molecule has 4 aromatic rings. The van der Waals surface area contributed by atoms with Gasteiger partial charge in [0.25, 0.3) is 5.91 Å². The van der Waals surface area contributed by atoms with E-state index in [2.05, 4.69) is 36.5 Å². The molecular formula is C31H37FN8O4S. The number of nitrogens with zero attached hydrogens (tertiary/aromatic N) is 4. The number of nitrogens with one attached hydrogen (secondary N) is 3. The van der Waals surface area contributed by atoms with Crippen molar-refractivity contribution in [3.8, 4) is 5.75 Å². The van der Waals surface area contributed by atoms with Gasteiger partial charge in [-0.15, -0.1) is 0 Å². The zero-order valence-corrected chi connectivity index (χ0v) is 26.0. The summed E-state index contributed by atoms with van der Waals surface area (Å²) in [7, 11) is -1.49. The number of halogens is 1. The Bertz CT molecular complexity index is 1820. The van der Waals surface area contributed by atoms with E-state index in [1.54, 1.807) is 29.9 Å². The van der Waals surface area contributed by atoms with Gasteiger partial charge in [-0.3, -0.25) is 14.7 Å². The second-order valence-electron chi connectivity index (χ2n) is 11.4. The highest BCUT2D eigenvalue weighted by atomic mass is 32.2. The van der Waals surface area contributed by atoms with E-state index in [4.69, 9.17) is 10.5 Å². The predicted molar refractivity (Wildman–Crippen MR) is 174 cm³/mol. The molecule has 0 atom stereocenters. The predicted octanol–water partition coefficient (Wildman–Crippen LogP) is 3.84. The average Bonchev–Trinajstić information content (AvgIpc) is 3.44. The molecule has 12 nitrogen and oxygen atoms in total. The fraction of sp³-hybridized carbons (Fsp3) is 0.355. The van der Waals surface area contributed by atoms with Crippen LogP contribution in [-0.2, 0) is 10.0 Å². The van der Waals surface area contributed by atoms with E-state index in [1.807, 2.05) is 18.2 Å². The number of nitrogens with two attached hydrogens (primary N) is 1. The lowest BCUT2D eigenvalue weighted by atomic mass is 10.0. The Hall–Kier alpha value is -4.40. The van der Waals surface area contributed by atoms with Gasteiger partial charge in [0.2, 0.25) is 10.0 Å². The molecule has 0 spiro atoms. The largest absolute Gasteiger partial charge is 0.494 e. The quantitative estimate of drug-likeness (QED) is 0.215. The number of hydrogen-bond donors (Lipinski definition) is 4. The van der Waals surface area contributed by atoms with E-state index in [-0.39, 0.29) is 11.3 Å². The van der Waals surface area contributed by atoms with Crippen molar-refractivity contribution in [3.05, 3.63) is 66.2 Å². The first-order valence-corrected chi connectivity index (χ1v) is 16.7. The standard InChI is InChI=1S/C31H37FN8O4S/c1-44-28-16-21(38-10-8-20(9-11-38)39-12-14-40(15-13-39)45(2,42)43)6-7-24(28)36-29-17-22-26(18-34-19-27(22)37-29)35-25-5-3-4-23(32)30(25)31(33)41/h3-7,16-20,35-37H,8-15H2,1-2H3,(H2,33,41). The normalized spacial score (nSPS) is 17.0. The van der Waals surface area contributed by atoms with E-state index in [0.717, 1.165) is 61.3 Å². The van der Waals surface area contributed by atoms with Gasteiger partial charge in [-0.1, -0.05) is 6.07 Å². The molecule has 2 aromatic carbocycles. The number of sulfonamides is 1. The number of methoxy groups -OCH3 is 1. The third-order valence-corrected chi connectivity index (χ3v) is 9.92. The topological polar surface area (TPSA) is 149 Å². The lowest BCUT2D eigenvalue weighted by Crippen LogP contribution is -2.54. The summed E-state index contributed by atoms with van der Waals surface area (Å²) in [5.74, 6) is -0.184. The number of amides is 1. The zero-order chi connectivity index (χ0) is 31.7. The van der Waals surface area contributed by atoms with Crippen LogP contribution in [0.5, 0.6) is 5.75 Å². The molecule has 1 amide bonds. The molecule has 238 valence electrons. The van der Waals surface area contributed by atoms with Crippen LogP contribution in [0, 0.1) is 5.82 Å².